The molecule has 1 aromatic carbocycles. The molecule has 0 spiro atoms. The van der Waals surface area contributed by atoms with E-state index in [0.29, 0.717) is 5.71 Å². The second-order valence-corrected chi connectivity index (χ2v) is 6.44. The number of oxime groups is 1. The van der Waals surface area contributed by atoms with Crippen molar-refractivity contribution in [1.82, 2.24) is 14.7 Å². The highest BCUT2D eigenvalue weighted by atomic mass is 16.6. The summed E-state index contributed by atoms with van der Waals surface area (Å²) < 4.78 is 0. The van der Waals surface area contributed by atoms with E-state index in [-0.39, 0.29) is 11.1 Å². The van der Waals surface area contributed by atoms with E-state index >= 15 is 0 Å². The van der Waals surface area contributed by atoms with Gasteiger partial charge in [0.15, 0.2) is 0 Å². The minimum atomic E-state index is -0.423. The topological polar surface area (TPSA) is 85.4 Å². The van der Waals surface area contributed by atoms with Crippen molar-refractivity contribution in [2.75, 3.05) is 39.6 Å². The Balaban J connectivity index is 1.69. The molecule has 1 aromatic rings. The van der Waals surface area contributed by atoms with Gasteiger partial charge in [0.1, 0.15) is 0 Å². The lowest BCUT2D eigenvalue weighted by Gasteiger charge is -2.60. The van der Waals surface area contributed by atoms with Crippen molar-refractivity contribution >= 4 is 11.4 Å². The van der Waals surface area contributed by atoms with Crippen molar-refractivity contribution in [3.8, 4) is 0 Å². The van der Waals surface area contributed by atoms with Gasteiger partial charge in [0.2, 0.25) is 0 Å². The summed E-state index contributed by atoms with van der Waals surface area (Å²) in [5.41, 5.74) is 1.18. The summed E-state index contributed by atoms with van der Waals surface area (Å²) in [6, 6.07) is 6.27. The molecular weight excluding hydrogens is 286 g/mol. The molecule has 0 unspecified atom stereocenters. The summed E-state index contributed by atoms with van der Waals surface area (Å²) in [5, 5.41) is 24.0. The van der Waals surface area contributed by atoms with Gasteiger partial charge >= 0.3 is 0 Å². The molecule has 22 heavy (non-hydrogen) atoms. The molecule has 4 heterocycles. The summed E-state index contributed by atoms with van der Waals surface area (Å²) in [6.45, 7) is 5.44. The summed E-state index contributed by atoms with van der Waals surface area (Å²) in [5.74, 6) is 0. The molecule has 4 aliphatic heterocycles. The Hall–Kier alpha value is -2.03. The van der Waals surface area contributed by atoms with E-state index in [0.717, 1.165) is 45.2 Å². The van der Waals surface area contributed by atoms with Gasteiger partial charge in [-0.25, -0.2) is 0 Å². The quantitative estimate of drug-likeness (QED) is 0.380. The number of nitrogens with zero attached hydrogens (tertiary/aromatic N) is 5. The third-order valence-corrected chi connectivity index (χ3v) is 4.73. The van der Waals surface area contributed by atoms with Crippen molar-refractivity contribution in [1.29, 1.82) is 0 Å². The fourth-order valence-electron chi connectivity index (χ4n) is 4.15. The zero-order valence-electron chi connectivity index (χ0n) is 12.1. The molecule has 0 saturated carbocycles. The van der Waals surface area contributed by atoms with Gasteiger partial charge in [-0.2, -0.15) is 0 Å². The molecule has 116 valence electrons. The van der Waals surface area contributed by atoms with Crippen LogP contribution in [0.3, 0.4) is 0 Å². The van der Waals surface area contributed by atoms with Crippen LogP contribution < -0.4 is 0 Å². The van der Waals surface area contributed by atoms with Gasteiger partial charge in [0.25, 0.3) is 5.69 Å². The van der Waals surface area contributed by atoms with Crippen LogP contribution in [0.25, 0.3) is 0 Å². The summed E-state index contributed by atoms with van der Waals surface area (Å²) in [4.78, 5) is 17.4. The molecule has 8 heteroatoms. The van der Waals surface area contributed by atoms with Crippen LogP contribution in [0, 0.1) is 15.5 Å². The molecule has 8 nitrogen and oxygen atoms in total. The van der Waals surface area contributed by atoms with Crippen molar-refractivity contribution < 1.29 is 10.1 Å². The summed E-state index contributed by atoms with van der Waals surface area (Å²) in [6.07, 6.45) is 0. The first-order chi connectivity index (χ1) is 10.6. The zero-order chi connectivity index (χ0) is 15.3. The molecule has 0 aliphatic carbocycles. The monoisotopic (exact) mass is 303 g/mol. The highest BCUT2D eigenvalue weighted by molar-refractivity contribution is 6.05. The highest BCUT2D eigenvalue weighted by Gasteiger charge is 2.52. The van der Waals surface area contributed by atoms with E-state index in [9.17, 15) is 15.3 Å². The summed E-state index contributed by atoms with van der Waals surface area (Å²) in [7, 11) is 0. The fourth-order valence-corrected chi connectivity index (χ4v) is 4.15. The third kappa shape index (κ3) is 1.99. The second-order valence-electron chi connectivity index (χ2n) is 6.44. The molecule has 0 aromatic heterocycles. The van der Waals surface area contributed by atoms with E-state index in [1.165, 1.54) is 12.1 Å². The second kappa shape index (κ2) is 4.73. The number of nitro groups is 1. The predicted molar refractivity (Wildman–Crippen MR) is 78.6 cm³/mol. The normalized spacial score (nSPS) is 36.5. The van der Waals surface area contributed by atoms with Gasteiger partial charge in [0, 0.05) is 37.3 Å². The molecule has 0 atom stereocenters. The number of benzene rings is 1. The zero-order valence-corrected chi connectivity index (χ0v) is 12.1. The Labute approximate surface area is 127 Å². The molecule has 4 fully saturated rings. The van der Waals surface area contributed by atoms with E-state index in [2.05, 4.69) is 19.9 Å². The Morgan fingerprint density at radius 3 is 2.00 bits per heavy atom. The maximum absolute atomic E-state index is 10.8. The molecule has 4 saturated heterocycles. The van der Waals surface area contributed by atoms with E-state index < -0.39 is 4.92 Å². The number of rotatable bonds is 3. The van der Waals surface area contributed by atoms with Crippen LogP contribution >= 0.6 is 0 Å². The van der Waals surface area contributed by atoms with Crippen LogP contribution in [0.4, 0.5) is 5.69 Å². The third-order valence-electron chi connectivity index (χ3n) is 4.73. The van der Waals surface area contributed by atoms with Crippen molar-refractivity contribution in [3.63, 3.8) is 0 Å². The molecule has 0 radical (unpaired) electrons. The van der Waals surface area contributed by atoms with Crippen LogP contribution in [-0.4, -0.2) is 70.2 Å². The Kier molecular flexibility index (Phi) is 2.93. The molecular formula is C14H17N5O3. The highest BCUT2D eigenvalue weighted by Crippen LogP contribution is 2.38. The molecule has 4 aliphatic rings. The van der Waals surface area contributed by atoms with Gasteiger partial charge in [-0.1, -0.05) is 5.16 Å². The average molecular weight is 303 g/mol. The van der Waals surface area contributed by atoms with Gasteiger partial charge in [0.05, 0.1) is 36.1 Å². The van der Waals surface area contributed by atoms with Gasteiger partial charge in [-0.05, 0) is 12.1 Å². The molecule has 0 amide bonds. The van der Waals surface area contributed by atoms with Crippen LogP contribution in [0.1, 0.15) is 5.56 Å². The Bertz CT molecular complexity index is 607. The van der Waals surface area contributed by atoms with Crippen molar-refractivity contribution in [2.45, 2.75) is 0 Å². The lowest BCUT2D eigenvalue weighted by molar-refractivity contribution is -0.384. The summed E-state index contributed by atoms with van der Waals surface area (Å²) >= 11 is 0. The van der Waals surface area contributed by atoms with E-state index in [1.807, 2.05) is 0 Å². The largest absolute Gasteiger partial charge is 0.411 e. The van der Waals surface area contributed by atoms with E-state index in [4.69, 9.17) is 0 Å². The minimum absolute atomic E-state index is 0.0443. The molecule has 4 bridgehead atoms. The Morgan fingerprint density at radius 2 is 1.59 bits per heavy atom. The number of non-ortho nitro benzene ring substituents is 1. The smallest absolute Gasteiger partial charge is 0.269 e. The van der Waals surface area contributed by atoms with Gasteiger partial charge < -0.3 is 5.21 Å². The molecule has 5 rings (SSSR count). The predicted octanol–water partition coefficient (Wildman–Crippen LogP) is 0.579. The van der Waals surface area contributed by atoms with Crippen molar-refractivity contribution in [2.24, 2.45) is 10.6 Å². The lowest BCUT2D eigenvalue weighted by atomic mass is 9.74. The Morgan fingerprint density at radius 1 is 1.09 bits per heavy atom. The maximum atomic E-state index is 10.8. The average Bonchev–Trinajstić information content (AvgIpc) is 2.46. The maximum Gasteiger partial charge on any atom is 0.269 e. The first-order valence-corrected chi connectivity index (χ1v) is 7.24. The van der Waals surface area contributed by atoms with Gasteiger partial charge in [-0.15, -0.1) is 0 Å². The van der Waals surface area contributed by atoms with Gasteiger partial charge in [-0.3, -0.25) is 24.8 Å². The standard InChI is InChI=1S/C14H17N5O3/c20-15-13(11-1-3-12(4-2-11)19(21)22)14-5-16-8-17(6-14)10-18(7-14)9-16/h1-4,20H,5-10H2. The minimum Gasteiger partial charge on any atom is -0.411 e. The SMILES string of the molecule is O=[N+]([O-])c1ccc(C(=NO)C23CN4CN(CN(C4)C2)C3)cc1. The number of hydrogen-bond donors (Lipinski definition) is 1. The lowest BCUT2D eigenvalue weighted by Crippen LogP contribution is -2.74. The fraction of sp³-hybridized carbons (Fsp3) is 0.500. The number of hydrogen-bond acceptors (Lipinski definition) is 7. The first kappa shape index (κ1) is 13.6. The van der Waals surface area contributed by atoms with Crippen LogP contribution in [0.2, 0.25) is 0 Å². The van der Waals surface area contributed by atoms with E-state index in [1.54, 1.807) is 12.1 Å². The van der Waals surface area contributed by atoms with Crippen LogP contribution in [0.5, 0.6) is 0 Å². The van der Waals surface area contributed by atoms with Crippen LogP contribution in [-0.2, 0) is 0 Å². The van der Waals surface area contributed by atoms with Crippen LogP contribution in [0.15, 0.2) is 29.4 Å². The number of nitro benzene ring substituents is 1. The molecule has 1 N–H and O–H groups in total. The first-order valence-electron chi connectivity index (χ1n) is 7.24. The van der Waals surface area contributed by atoms with Crippen molar-refractivity contribution in [3.05, 3.63) is 39.9 Å².